The highest BCUT2D eigenvalue weighted by atomic mass is 28.4. The topological polar surface area (TPSA) is 63.5 Å². The van der Waals surface area contributed by atoms with Gasteiger partial charge in [-0.2, -0.15) is 5.26 Å². The van der Waals surface area contributed by atoms with Gasteiger partial charge in [0.05, 0.1) is 37.0 Å². The van der Waals surface area contributed by atoms with Crippen LogP contribution < -0.4 is 5.32 Å². The Balaban J connectivity index is 3.01. The van der Waals surface area contributed by atoms with Gasteiger partial charge in [-0.25, -0.2) is 0 Å². The molecule has 4 atom stereocenters. The maximum absolute atomic E-state index is 9.45. The van der Waals surface area contributed by atoms with Crippen molar-refractivity contribution < 1.29 is 13.3 Å². The molecule has 0 aromatic heterocycles. The van der Waals surface area contributed by atoms with Crippen molar-refractivity contribution in [2.45, 2.75) is 89.6 Å². The molecule has 0 aromatic rings. The fourth-order valence-electron chi connectivity index (χ4n) is 2.76. The Morgan fingerprint density at radius 3 is 1.88 bits per heavy atom. The predicted molar refractivity (Wildman–Crippen MR) is 107 cm³/mol. The zero-order valence-corrected chi connectivity index (χ0v) is 19.9. The minimum absolute atomic E-state index is 0.00296. The van der Waals surface area contributed by atoms with Crippen molar-refractivity contribution in [2.24, 2.45) is 0 Å². The van der Waals surface area contributed by atoms with Crippen molar-refractivity contribution in [1.82, 2.24) is 5.32 Å². The van der Waals surface area contributed by atoms with Crippen LogP contribution in [-0.4, -0.2) is 55.9 Å². The summed E-state index contributed by atoms with van der Waals surface area (Å²) in [6.45, 7) is 20.3. The number of nitriles is 1. The highest BCUT2D eigenvalue weighted by Crippen LogP contribution is 2.27. The number of nitrogens with zero attached hydrogens (tertiary/aromatic N) is 1. The second kappa shape index (κ2) is 8.12. The van der Waals surface area contributed by atoms with E-state index in [0.29, 0.717) is 13.0 Å². The Morgan fingerprint density at radius 2 is 1.46 bits per heavy atom. The molecule has 1 fully saturated rings. The lowest BCUT2D eigenvalue weighted by atomic mass is 9.94. The van der Waals surface area contributed by atoms with Gasteiger partial charge < -0.3 is 13.3 Å². The number of hydrogen-bond donors (Lipinski definition) is 1. The van der Waals surface area contributed by atoms with E-state index >= 15 is 0 Å². The van der Waals surface area contributed by atoms with Gasteiger partial charge in [-0.05, 0) is 58.9 Å². The van der Waals surface area contributed by atoms with E-state index in [-0.39, 0.29) is 24.3 Å². The Hall–Kier alpha value is -0.0194. The molecule has 0 spiro atoms. The van der Waals surface area contributed by atoms with Crippen LogP contribution in [0.15, 0.2) is 0 Å². The van der Waals surface area contributed by atoms with Crippen LogP contribution in [0.25, 0.3) is 0 Å². The smallest absolute Gasteiger partial charge is 0.184 e. The lowest BCUT2D eigenvalue weighted by Gasteiger charge is -2.45. The van der Waals surface area contributed by atoms with E-state index in [1.807, 2.05) is 0 Å². The minimum Gasteiger partial charge on any atom is -0.416 e. The van der Waals surface area contributed by atoms with Crippen LogP contribution in [0.5, 0.6) is 0 Å². The lowest BCUT2D eigenvalue weighted by molar-refractivity contribution is -0.0237. The first-order valence-corrected chi connectivity index (χ1v) is 19.1. The summed E-state index contributed by atoms with van der Waals surface area (Å²) in [6.07, 6.45) is 0.591. The van der Waals surface area contributed by atoms with E-state index in [1.54, 1.807) is 0 Å². The Kier molecular flexibility index (Phi) is 7.45. The first-order valence-electron chi connectivity index (χ1n) is 8.85. The summed E-state index contributed by atoms with van der Waals surface area (Å²) in [4.78, 5) is 0. The van der Waals surface area contributed by atoms with Crippen LogP contribution in [-0.2, 0) is 13.3 Å². The first kappa shape index (κ1) is 22.0. The van der Waals surface area contributed by atoms with Gasteiger partial charge >= 0.3 is 0 Å². The zero-order chi connectivity index (χ0) is 18.8. The van der Waals surface area contributed by atoms with Gasteiger partial charge in [0.2, 0.25) is 0 Å². The minimum atomic E-state index is -1.74. The summed E-state index contributed by atoms with van der Waals surface area (Å²) in [7, 11) is -5.10. The van der Waals surface area contributed by atoms with Crippen LogP contribution in [0.3, 0.4) is 0 Å². The first-order chi connectivity index (χ1) is 10.7. The van der Waals surface area contributed by atoms with Crippen LogP contribution in [0, 0.1) is 11.3 Å². The molecule has 1 N–H and O–H groups in total. The van der Waals surface area contributed by atoms with Gasteiger partial charge in [0.25, 0.3) is 0 Å². The molecule has 0 aliphatic carbocycles. The van der Waals surface area contributed by atoms with Gasteiger partial charge in [0.15, 0.2) is 25.0 Å². The van der Waals surface area contributed by atoms with E-state index in [1.165, 1.54) is 0 Å². The molecule has 0 unspecified atom stereocenters. The van der Waals surface area contributed by atoms with E-state index in [4.69, 9.17) is 13.3 Å². The second-order valence-electron chi connectivity index (χ2n) is 9.58. The maximum Gasteiger partial charge on any atom is 0.184 e. The molecule has 1 rings (SSSR count). The molecule has 0 aromatic carbocycles. The highest BCUT2D eigenvalue weighted by molar-refractivity contribution is 6.70. The molecular formula is C16H36N2O3Si3. The SMILES string of the molecule is C[Si](C)(C)OC[C@H]1N[C@H](C#N)C[C@@H](O[Si](C)(C)C)[C@@H]1O[Si](C)(C)C. The zero-order valence-electron chi connectivity index (χ0n) is 16.9. The third kappa shape index (κ3) is 8.38. The standard InChI is InChI=1S/C16H36N2O3Si3/c1-22(2,3)19-12-14-16(21-24(7,8)9)15(20-23(4,5)6)10-13(11-17)18-14/h13-16,18H,10,12H2,1-9H3/t13-,14+,15+,16+/m0/s1. The molecule has 0 saturated carbocycles. The van der Waals surface area contributed by atoms with E-state index in [9.17, 15) is 5.26 Å². The third-order valence-electron chi connectivity index (χ3n) is 3.49. The Labute approximate surface area is 151 Å². The average Bonchev–Trinajstić information content (AvgIpc) is 2.34. The quantitative estimate of drug-likeness (QED) is 0.676. The van der Waals surface area contributed by atoms with Crippen molar-refractivity contribution in [2.75, 3.05) is 6.61 Å². The van der Waals surface area contributed by atoms with Crippen molar-refractivity contribution in [3.63, 3.8) is 0 Å². The van der Waals surface area contributed by atoms with Crippen molar-refractivity contribution in [1.29, 1.82) is 5.26 Å². The van der Waals surface area contributed by atoms with Gasteiger partial charge in [-0.3, -0.25) is 5.32 Å². The van der Waals surface area contributed by atoms with E-state index in [2.05, 4.69) is 70.3 Å². The van der Waals surface area contributed by atoms with Crippen LogP contribution in [0.2, 0.25) is 58.9 Å². The number of nitrogens with one attached hydrogen (secondary N) is 1. The Morgan fingerprint density at radius 1 is 0.917 bits per heavy atom. The van der Waals surface area contributed by atoms with Gasteiger partial charge in [-0.1, -0.05) is 0 Å². The normalized spacial score (nSPS) is 29.3. The number of piperidine rings is 1. The van der Waals surface area contributed by atoms with Crippen molar-refractivity contribution in [3.05, 3.63) is 0 Å². The fourth-order valence-corrected chi connectivity index (χ4v) is 5.71. The van der Waals surface area contributed by atoms with Crippen molar-refractivity contribution in [3.8, 4) is 6.07 Å². The van der Waals surface area contributed by atoms with Crippen LogP contribution >= 0.6 is 0 Å². The molecule has 0 bridgehead atoms. The molecule has 5 nitrogen and oxygen atoms in total. The maximum atomic E-state index is 9.45. The molecule has 140 valence electrons. The second-order valence-corrected chi connectivity index (χ2v) is 23.0. The Bertz CT molecular complexity index is 449. The lowest BCUT2D eigenvalue weighted by Crippen LogP contribution is -2.63. The monoisotopic (exact) mass is 388 g/mol. The predicted octanol–water partition coefficient (Wildman–Crippen LogP) is 3.53. The number of rotatable bonds is 7. The molecule has 0 radical (unpaired) electrons. The molecule has 24 heavy (non-hydrogen) atoms. The summed E-state index contributed by atoms with van der Waals surface area (Å²) >= 11 is 0. The fraction of sp³-hybridized carbons (Fsp3) is 0.938. The van der Waals surface area contributed by atoms with Crippen LogP contribution in [0.4, 0.5) is 0 Å². The molecule has 1 aliphatic heterocycles. The van der Waals surface area contributed by atoms with E-state index < -0.39 is 25.0 Å². The van der Waals surface area contributed by atoms with Gasteiger partial charge in [-0.15, -0.1) is 0 Å². The third-order valence-corrected chi connectivity index (χ3v) is 6.51. The highest BCUT2D eigenvalue weighted by Gasteiger charge is 2.43. The molecule has 8 heteroatoms. The van der Waals surface area contributed by atoms with Crippen molar-refractivity contribution >= 4 is 25.0 Å². The molecular weight excluding hydrogens is 352 g/mol. The summed E-state index contributed by atoms with van der Waals surface area (Å²) in [5.41, 5.74) is 0. The molecule has 0 amide bonds. The van der Waals surface area contributed by atoms with Crippen LogP contribution in [0.1, 0.15) is 6.42 Å². The largest absolute Gasteiger partial charge is 0.416 e. The summed E-state index contributed by atoms with van der Waals surface area (Å²) in [5, 5.41) is 12.9. The molecule has 1 heterocycles. The van der Waals surface area contributed by atoms with Gasteiger partial charge in [0, 0.05) is 6.42 Å². The number of hydrogen-bond acceptors (Lipinski definition) is 5. The summed E-state index contributed by atoms with van der Waals surface area (Å²) in [5.74, 6) is 0. The molecule has 1 saturated heterocycles. The van der Waals surface area contributed by atoms with Gasteiger partial charge in [0.1, 0.15) is 0 Å². The molecule has 1 aliphatic rings. The summed E-state index contributed by atoms with van der Waals surface area (Å²) in [6, 6.07) is 2.16. The average molecular weight is 389 g/mol. The van der Waals surface area contributed by atoms with E-state index in [0.717, 1.165) is 0 Å². The summed E-state index contributed by atoms with van der Waals surface area (Å²) < 4.78 is 19.1.